The summed E-state index contributed by atoms with van der Waals surface area (Å²) in [4.78, 5) is 2.59. The van der Waals surface area contributed by atoms with Crippen molar-refractivity contribution in [2.45, 2.75) is 46.0 Å². The number of piperidine rings is 1. The Morgan fingerprint density at radius 2 is 1.44 bits per heavy atom. The molecule has 1 fully saturated rings. The van der Waals surface area contributed by atoms with E-state index in [2.05, 4.69) is 84.5 Å². The van der Waals surface area contributed by atoms with Crippen molar-refractivity contribution in [1.29, 1.82) is 0 Å². The number of thiocarbonyl (C=S) groups is 2. The fraction of sp³-hybridized carbons (Fsp3) is 0.440. The van der Waals surface area contributed by atoms with Crippen molar-refractivity contribution < 1.29 is 9.84 Å². The highest BCUT2D eigenvalue weighted by Gasteiger charge is 2.08. The maximum atomic E-state index is 7.56. The van der Waals surface area contributed by atoms with Gasteiger partial charge in [-0.05, 0) is 75.7 Å². The molecule has 0 aliphatic carbocycles. The highest BCUT2D eigenvalue weighted by molar-refractivity contribution is 7.80. The molecule has 0 unspecified atom stereocenters. The van der Waals surface area contributed by atoms with Crippen LogP contribution in [0.3, 0.4) is 0 Å². The smallest absolute Gasteiger partial charge is 0.253 e. The van der Waals surface area contributed by atoms with Gasteiger partial charge in [0.25, 0.3) is 10.3 Å². The number of rotatable bonds is 5. The number of ether oxygens (including phenoxy) is 1. The Balaban J connectivity index is 0.000000453. The first-order valence-electron chi connectivity index (χ1n) is 11.0. The maximum Gasteiger partial charge on any atom is 0.253 e. The van der Waals surface area contributed by atoms with E-state index in [4.69, 9.17) is 15.6 Å². The molecule has 7 heteroatoms. The van der Waals surface area contributed by atoms with Gasteiger partial charge in [0, 0.05) is 6.54 Å². The van der Waals surface area contributed by atoms with Gasteiger partial charge in [-0.25, -0.2) is 0 Å². The van der Waals surface area contributed by atoms with Crippen molar-refractivity contribution in [3.8, 4) is 0 Å². The van der Waals surface area contributed by atoms with E-state index in [0.717, 1.165) is 6.42 Å². The summed E-state index contributed by atoms with van der Waals surface area (Å²) in [5.41, 5.74) is 12.2. The van der Waals surface area contributed by atoms with Gasteiger partial charge in [0.1, 0.15) is 0 Å². The zero-order valence-electron chi connectivity index (χ0n) is 19.4. The number of aliphatic hydroxyl groups excluding tert-OH is 1. The largest absolute Gasteiger partial charge is 0.487 e. The van der Waals surface area contributed by atoms with Crippen LogP contribution in [0.1, 0.15) is 43.7 Å². The number of likely N-dealkylation sites (tertiary alicyclic amines) is 1. The van der Waals surface area contributed by atoms with Gasteiger partial charge in [-0.15, -0.1) is 0 Å². The Kier molecular flexibility index (Phi) is 19.2. The average Bonchev–Trinajstić information content (AvgIpc) is 2.79. The lowest BCUT2D eigenvalue weighted by Crippen LogP contribution is -2.31. The Hall–Kier alpha value is -2.22. The second-order valence-electron chi connectivity index (χ2n) is 7.30. The monoisotopic (exact) mass is 477 g/mol. The summed E-state index contributed by atoms with van der Waals surface area (Å²) in [7, 11) is 0. The molecule has 0 radical (unpaired) electrons. The minimum atomic E-state index is -0.500. The third kappa shape index (κ3) is 21.0. The second kappa shape index (κ2) is 20.7. The lowest BCUT2D eigenvalue weighted by Gasteiger charge is -2.26. The molecule has 1 saturated heterocycles. The van der Waals surface area contributed by atoms with Crippen LogP contribution in [-0.4, -0.2) is 46.6 Å². The average molecular weight is 478 g/mol. The van der Waals surface area contributed by atoms with Crippen LogP contribution in [-0.2, 0) is 11.2 Å². The normalized spacial score (nSPS) is 12.4. The van der Waals surface area contributed by atoms with Crippen molar-refractivity contribution in [2.75, 3.05) is 26.2 Å². The zero-order chi connectivity index (χ0) is 24.0. The van der Waals surface area contributed by atoms with Crippen LogP contribution in [0.25, 0.3) is 0 Å². The summed E-state index contributed by atoms with van der Waals surface area (Å²) < 4.78 is 4.70. The predicted molar refractivity (Wildman–Crippen MR) is 144 cm³/mol. The molecule has 0 bridgehead atoms. The molecule has 0 saturated carbocycles. The van der Waals surface area contributed by atoms with E-state index in [0.29, 0.717) is 6.61 Å². The van der Waals surface area contributed by atoms with Crippen molar-refractivity contribution in [3.63, 3.8) is 0 Å². The molecule has 1 aliphatic rings. The Morgan fingerprint density at radius 1 is 0.938 bits per heavy atom. The molecule has 32 heavy (non-hydrogen) atoms. The van der Waals surface area contributed by atoms with Crippen molar-refractivity contribution in [2.24, 2.45) is 11.5 Å². The molecule has 178 valence electrons. The lowest BCUT2D eigenvalue weighted by atomic mass is 10.1. The minimum Gasteiger partial charge on any atom is -0.487 e. The number of aliphatic hydroxyl groups is 1. The van der Waals surface area contributed by atoms with Crippen LogP contribution in [0.15, 0.2) is 60.7 Å². The molecule has 2 aromatic carbocycles. The van der Waals surface area contributed by atoms with E-state index in [-0.39, 0.29) is 5.17 Å². The third-order valence-electron chi connectivity index (χ3n) is 4.40. The fourth-order valence-corrected chi connectivity index (χ4v) is 2.94. The quantitative estimate of drug-likeness (QED) is 0.513. The number of hydrogen-bond donors (Lipinski definition) is 3. The first-order valence-corrected chi connectivity index (χ1v) is 11.8. The van der Waals surface area contributed by atoms with Crippen LogP contribution in [0.5, 0.6) is 0 Å². The van der Waals surface area contributed by atoms with E-state index < -0.39 is 5.17 Å². The first kappa shape index (κ1) is 29.8. The molecule has 2 aromatic rings. The highest BCUT2D eigenvalue weighted by atomic mass is 32.1. The molecule has 0 spiro atoms. The SMILES string of the molecule is CCCOC(N)=S.Cc1ccccc1.NC(O)=S.c1ccc(CCN2CCCCC2)cc1. The van der Waals surface area contributed by atoms with E-state index in [1.807, 2.05) is 25.1 Å². The van der Waals surface area contributed by atoms with E-state index in [1.54, 1.807) is 0 Å². The van der Waals surface area contributed by atoms with Gasteiger partial charge in [-0.2, -0.15) is 0 Å². The molecule has 1 heterocycles. The van der Waals surface area contributed by atoms with Gasteiger partial charge < -0.3 is 26.2 Å². The molecular formula is C25H39N3O2S2. The van der Waals surface area contributed by atoms with Crippen molar-refractivity contribution in [3.05, 3.63) is 71.8 Å². The summed E-state index contributed by atoms with van der Waals surface area (Å²) in [6.45, 7) is 8.58. The summed E-state index contributed by atoms with van der Waals surface area (Å²) in [5.74, 6) is 0. The van der Waals surface area contributed by atoms with Crippen LogP contribution in [0, 0.1) is 6.92 Å². The summed E-state index contributed by atoms with van der Waals surface area (Å²) in [6.07, 6.45) is 6.39. The predicted octanol–water partition coefficient (Wildman–Crippen LogP) is 5.15. The topological polar surface area (TPSA) is 84.7 Å². The maximum absolute atomic E-state index is 7.56. The minimum absolute atomic E-state index is 0.141. The van der Waals surface area contributed by atoms with Crippen molar-refractivity contribution in [1.82, 2.24) is 4.90 Å². The van der Waals surface area contributed by atoms with Crippen LogP contribution < -0.4 is 11.5 Å². The lowest BCUT2D eigenvalue weighted by molar-refractivity contribution is 0.231. The van der Waals surface area contributed by atoms with Crippen LogP contribution in [0.4, 0.5) is 0 Å². The second-order valence-corrected chi connectivity index (χ2v) is 8.12. The molecule has 5 nitrogen and oxygen atoms in total. The number of nitrogens with zero attached hydrogens (tertiary/aromatic N) is 1. The van der Waals surface area contributed by atoms with E-state index >= 15 is 0 Å². The zero-order valence-corrected chi connectivity index (χ0v) is 21.0. The molecule has 0 aromatic heterocycles. The van der Waals surface area contributed by atoms with Gasteiger partial charge in [-0.1, -0.05) is 79.6 Å². The Labute approximate surface area is 204 Å². The summed E-state index contributed by atoms with van der Waals surface area (Å²) in [5, 5.41) is 7.21. The molecule has 3 rings (SSSR count). The molecule has 0 atom stereocenters. The standard InChI is InChI=1S/C13H19N.C7H8.C4H9NOS.CH3NOS/c1-3-7-13(8-4-1)9-12-14-10-5-2-6-11-14;1-7-5-3-2-4-6-7;1-2-3-6-4(5)7;2-1(3)4/h1,3-4,7-8H,2,5-6,9-12H2;2-6H,1H3;2-3H2,1H3,(H2,5,7);(H3,2,3,4). The van der Waals surface area contributed by atoms with Crippen LogP contribution >= 0.6 is 24.4 Å². The third-order valence-corrected chi connectivity index (χ3v) is 4.51. The summed E-state index contributed by atoms with van der Waals surface area (Å²) in [6, 6.07) is 21.1. The van der Waals surface area contributed by atoms with Crippen LogP contribution in [0.2, 0.25) is 0 Å². The number of aryl methyl sites for hydroxylation is 1. The van der Waals surface area contributed by atoms with Gasteiger partial charge in [0.2, 0.25) is 0 Å². The number of benzene rings is 2. The van der Waals surface area contributed by atoms with Gasteiger partial charge in [0.15, 0.2) is 0 Å². The first-order chi connectivity index (χ1) is 15.3. The molecule has 1 aliphatic heterocycles. The fourth-order valence-electron chi connectivity index (χ4n) is 2.85. The Morgan fingerprint density at radius 3 is 1.81 bits per heavy atom. The highest BCUT2D eigenvalue weighted by Crippen LogP contribution is 2.09. The Bertz CT molecular complexity index is 706. The molecule has 0 amide bonds. The summed E-state index contributed by atoms with van der Waals surface area (Å²) >= 11 is 8.29. The number of nitrogens with two attached hydrogens (primary N) is 2. The molecular weight excluding hydrogens is 438 g/mol. The van der Waals surface area contributed by atoms with Gasteiger partial charge >= 0.3 is 0 Å². The molecule has 5 N–H and O–H groups in total. The van der Waals surface area contributed by atoms with Crippen molar-refractivity contribution >= 4 is 34.8 Å². The van der Waals surface area contributed by atoms with E-state index in [1.165, 1.54) is 56.4 Å². The van der Waals surface area contributed by atoms with Gasteiger partial charge in [-0.3, -0.25) is 0 Å². The van der Waals surface area contributed by atoms with Gasteiger partial charge in [0.05, 0.1) is 6.61 Å². The van der Waals surface area contributed by atoms with E-state index in [9.17, 15) is 0 Å². The number of hydrogen-bond acceptors (Lipinski definition) is 4.